The zero-order chi connectivity index (χ0) is 20.9. The maximum absolute atomic E-state index is 12.2. The Hall–Kier alpha value is -1.99. The van der Waals surface area contributed by atoms with Gasteiger partial charge in [-0.15, -0.1) is 0 Å². The lowest BCUT2D eigenvalue weighted by atomic mass is 9.88. The van der Waals surface area contributed by atoms with Gasteiger partial charge in [0.05, 0.1) is 5.92 Å². The summed E-state index contributed by atoms with van der Waals surface area (Å²) in [6.07, 6.45) is 8.43. The molecule has 2 aliphatic carbocycles. The van der Waals surface area contributed by atoms with Crippen molar-refractivity contribution in [2.45, 2.75) is 84.3 Å². The summed E-state index contributed by atoms with van der Waals surface area (Å²) in [5, 5.41) is 16.8. The Bertz CT molecular complexity index is 479. The largest absolute Gasteiger partial charge is 0.503 e. The van der Waals surface area contributed by atoms with Gasteiger partial charge in [0, 0.05) is 12.5 Å². The molecule has 0 aromatic heterocycles. The van der Waals surface area contributed by atoms with Crippen LogP contribution in [-0.2, 0) is 14.3 Å². The zero-order valence-corrected chi connectivity index (χ0v) is 17.0. The van der Waals surface area contributed by atoms with Crippen LogP contribution in [0.3, 0.4) is 0 Å². The molecule has 2 saturated carbocycles. The Morgan fingerprint density at radius 3 is 1.89 bits per heavy atom. The number of alkyl carbamates (subject to hydrolysis) is 1. The van der Waals surface area contributed by atoms with E-state index in [1.165, 1.54) is 38.5 Å². The molecule has 0 saturated heterocycles. The Morgan fingerprint density at radius 2 is 1.39 bits per heavy atom. The van der Waals surface area contributed by atoms with E-state index in [1.54, 1.807) is 13.8 Å². The highest BCUT2D eigenvalue weighted by atomic mass is 16.7. The number of carboxylic acid groups (broad SMARTS) is 2. The van der Waals surface area contributed by atoms with Crippen LogP contribution >= 0.6 is 0 Å². The monoisotopic (exact) mass is 401 g/mol. The average molecular weight is 402 g/mol. The first-order valence-electron chi connectivity index (χ1n) is 10.4. The normalized spacial score (nSPS) is 19.1. The molecule has 2 fully saturated rings. The Balaban J connectivity index is 0.000000892. The van der Waals surface area contributed by atoms with Gasteiger partial charge in [-0.05, 0) is 31.6 Å². The van der Waals surface area contributed by atoms with Crippen molar-refractivity contribution in [3.05, 3.63) is 0 Å². The summed E-state index contributed by atoms with van der Waals surface area (Å²) in [7, 11) is 0. The van der Waals surface area contributed by atoms with E-state index in [9.17, 15) is 9.59 Å². The first-order valence-corrected chi connectivity index (χ1v) is 10.4. The molecule has 3 N–H and O–H groups in total. The smallest absolute Gasteiger partial charge is 0.450 e. The van der Waals surface area contributed by atoms with Gasteiger partial charge >= 0.3 is 18.2 Å². The summed E-state index contributed by atoms with van der Waals surface area (Å²) < 4.78 is 11.0. The van der Waals surface area contributed by atoms with Crippen LogP contribution in [0.4, 0.5) is 9.59 Å². The highest BCUT2D eigenvalue weighted by molar-refractivity contribution is 5.72. The fourth-order valence-electron chi connectivity index (χ4n) is 3.64. The number of hydrogen-bond donors (Lipinski definition) is 3. The van der Waals surface area contributed by atoms with Crippen LogP contribution in [-0.4, -0.2) is 41.3 Å². The van der Waals surface area contributed by atoms with Crippen molar-refractivity contribution in [2.24, 2.45) is 17.8 Å². The molecule has 0 aliphatic heterocycles. The zero-order valence-electron chi connectivity index (χ0n) is 17.0. The first-order chi connectivity index (χ1) is 13.3. The van der Waals surface area contributed by atoms with Crippen molar-refractivity contribution in [3.8, 4) is 0 Å². The van der Waals surface area contributed by atoms with Crippen molar-refractivity contribution in [3.63, 3.8) is 0 Å². The van der Waals surface area contributed by atoms with Crippen LogP contribution in [0.25, 0.3) is 0 Å². The molecule has 1 amide bonds. The fourth-order valence-corrected chi connectivity index (χ4v) is 3.64. The maximum atomic E-state index is 12.2. The van der Waals surface area contributed by atoms with Gasteiger partial charge in [0.25, 0.3) is 6.29 Å². The van der Waals surface area contributed by atoms with E-state index < -0.39 is 18.5 Å². The van der Waals surface area contributed by atoms with Crippen molar-refractivity contribution in [1.82, 2.24) is 5.32 Å². The quantitative estimate of drug-likeness (QED) is 0.438. The van der Waals surface area contributed by atoms with E-state index >= 15 is 0 Å². The molecule has 0 bridgehead atoms. The molecule has 8 heteroatoms. The molecule has 1 atom stereocenters. The third-order valence-corrected chi connectivity index (χ3v) is 5.22. The number of rotatable bonds is 6. The third-order valence-electron chi connectivity index (χ3n) is 5.22. The minimum atomic E-state index is -1.83. The van der Waals surface area contributed by atoms with Gasteiger partial charge in [-0.25, -0.2) is 9.59 Å². The van der Waals surface area contributed by atoms with Crippen LogP contribution in [0.1, 0.15) is 78.1 Å². The predicted octanol–water partition coefficient (Wildman–Crippen LogP) is 4.62. The van der Waals surface area contributed by atoms with Crippen molar-refractivity contribution in [2.75, 3.05) is 6.54 Å². The van der Waals surface area contributed by atoms with E-state index in [4.69, 9.17) is 24.5 Å². The van der Waals surface area contributed by atoms with Crippen LogP contribution in [0, 0.1) is 17.8 Å². The van der Waals surface area contributed by atoms with Crippen LogP contribution in [0.5, 0.6) is 0 Å². The fraction of sp³-hybridized carbons (Fsp3) is 0.850. The second kappa shape index (κ2) is 13.2. The number of hydrogen-bond acceptors (Lipinski definition) is 5. The Labute approximate surface area is 167 Å². The molecule has 2 aliphatic rings. The first kappa shape index (κ1) is 24.0. The third kappa shape index (κ3) is 10.4. The van der Waals surface area contributed by atoms with E-state index in [-0.39, 0.29) is 17.8 Å². The highest BCUT2D eigenvalue weighted by Crippen LogP contribution is 2.29. The molecule has 0 radical (unpaired) electrons. The van der Waals surface area contributed by atoms with Gasteiger partial charge in [0.2, 0.25) is 0 Å². The minimum Gasteiger partial charge on any atom is -0.450 e. The van der Waals surface area contributed by atoms with Gasteiger partial charge in [0.1, 0.15) is 0 Å². The van der Waals surface area contributed by atoms with E-state index in [0.717, 1.165) is 25.7 Å². The molecular weight excluding hydrogens is 366 g/mol. The lowest BCUT2D eigenvalue weighted by molar-refractivity contribution is -0.182. The minimum absolute atomic E-state index is 0.127. The van der Waals surface area contributed by atoms with Gasteiger partial charge in [-0.2, -0.15) is 0 Å². The summed E-state index contributed by atoms with van der Waals surface area (Å²) >= 11 is 0. The summed E-state index contributed by atoms with van der Waals surface area (Å²) in [5.41, 5.74) is 0. The van der Waals surface area contributed by atoms with E-state index in [0.29, 0.717) is 12.5 Å². The topological polar surface area (TPSA) is 122 Å². The van der Waals surface area contributed by atoms with E-state index in [1.807, 2.05) is 0 Å². The Morgan fingerprint density at radius 1 is 0.893 bits per heavy atom. The summed E-state index contributed by atoms with van der Waals surface area (Å²) in [6.45, 7) is 4.25. The number of esters is 1. The molecule has 28 heavy (non-hydrogen) atoms. The molecule has 0 spiro atoms. The molecular formula is C20H35NO7. The van der Waals surface area contributed by atoms with Crippen LogP contribution < -0.4 is 5.32 Å². The van der Waals surface area contributed by atoms with Gasteiger partial charge in [0.15, 0.2) is 0 Å². The molecule has 162 valence electrons. The summed E-state index contributed by atoms with van der Waals surface area (Å²) in [4.78, 5) is 32.7. The number of nitrogens with one attached hydrogen (secondary N) is 1. The average Bonchev–Trinajstić information content (AvgIpc) is 2.67. The summed E-state index contributed by atoms with van der Waals surface area (Å²) in [6, 6.07) is 0. The van der Waals surface area contributed by atoms with E-state index in [2.05, 4.69) is 5.32 Å². The lowest BCUT2D eigenvalue weighted by Gasteiger charge is -2.30. The second-order valence-electron chi connectivity index (χ2n) is 7.93. The van der Waals surface area contributed by atoms with Crippen LogP contribution in [0.2, 0.25) is 0 Å². The predicted molar refractivity (Wildman–Crippen MR) is 103 cm³/mol. The standard InChI is InChI=1S/C19H33NO4.CH2O3/c1-14(2)17(21)23-18(16-11-7-4-8-12-16)24-19(22)20-13-15-9-5-3-6-10-15;2-1(3)4/h14-16,18H,3-13H2,1-2H3,(H,20,22);(H2,2,3,4). The molecule has 0 heterocycles. The molecule has 0 aromatic carbocycles. The SMILES string of the molecule is CC(C)C(=O)OC(OC(=O)NCC1CCCCC1)C1CCCCC1.O=C(O)O. The molecule has 1 unspecified atom stereocenters. The van der Waals surface area contributed by atoms with Gasteiger partial charge in [-0.1, -0.05) is 52.4 Å². The number of carbonyl (C=O) groups is 3. The van der Waals surface area contributed by atoms with Crippen LogP contribution in [0.15, 0.2) is 0 Å². The number of ether oxygens (including phenoxy) is 2. The Kier molecular flexibility index (Phi) is 11.4. The molecule has 2 rings (SSSR count). The number of carbonyl (C=O) groups excluding carboxylic acids is 2. The van der Waals surface area contributed by atoms with Gasteiger partial charge in [-0.3, -0.25) is 4.79 Å². The van der Waals surface area contributed by atoms with Crippen molar-refractivity contribution in [1.29, 1.82) is 0 Å². The summed E-state index contributed by atoms with van der Waals surface area (Å²) in [5.74, 6) is 0.162. The molecule has 8 nitrogen and oxygen atoms in total. The second-order valence-corrected chi connectivity index (χ2v) is 7.93. The molecule has 0 aromatic rings. The van der Waals surface area contributed by atoms with Crippen molar-refractivity contribution >= 4 is 18.2 Å². The van der Waals surface area contributed by atoms with Crippen molar-refractivity contribution < 1.29 is 34.1 Å². The number of amides is 1. The lowest BCUT2D eigenvalue weighted by Crippen LogP contribution is -2.39. The highest BCUT2D eigenvalue weighted by Gasteiger charge is 2.31. The van der Waals surface area contributed by atoms with Gasteiger partial charge < -0.3 is 25.0 Å². The maximum Gasteiger partial charge on any atom is 0.503 e.